The van der Waals surface area contributed by atoms with Crippen molar-refractivity contribution in [3.05, 3.63) is 53.7 Å². The number of carbonyl (C=O) groups excluding carboxylic acids is 1. The third-order valence-electron chi connectivity index (χ3n) is 5.97. The van der Waals surface area contributed by atoms with Crippen LogP contribution in [-0.2, 0) is 16.6 Å². The summed E-state index contributed by atoms with van der Waals surface area (Å²) in [6.07, 6.45) is 5.35. The van der Waals surface area contributed by atoms with Crippen molar-refractivity contribution in [1.82, 2.24) is 19.5 Å². The fourth-order valence-corrected chi connectivity index (χ4v) is 5.56. The van der Waals surface area contributed by atoms with Crippen LogP contribution >= 0.6 is 0 Å². The minimum atomic E-state index is -4.19. The number of nitrogens with one attached hydrogen (secondary N) is 1. The van der Waals surface area contributed by atoms with E-state index in [1.54, 1.807) is 6.20 Å². The van der Waals surface area contributed by atoms with Gasteiger partial charge in [0.1, 0.15) is 22.3 Å². The predicted molar refractivity (Wildman–Crippen MR) is 119 cm³/mol. The van der Waals surface area contributed by atoms with Crippen LogP contribution in [0, 0.1) is 11.6 Å². The lowest BCUT2D eigenvalue weighted by Crippen LogP contribution is -2.53. The molecule has 0 bridgehead atoms. The average Bonchev–Trinajstić information content (AvgIpc) is 2.85. The Kier molecular flexibility index (Phi) is 7.08. The van der Waals surface area contributed by atoms with Gasteiger partial charge in [0.25, 0.3) is 0 Å². The minimum Gasteiger partial charge on any atom is -0.357 e. The SMILES string of the molecule is O=C(NCc1ccc(N2CCCCC2)nc1)N1CCN(S(=O)(=O)c2cc(F)ccc2F)CC1. The topological polar surface area (TPSA) is 85.8 Å². The van der Waals surface area contributed by atoms with Crippen LogP contribution in [0.1, 0.15) is 24.8 Å². The molecule has 178 valence electrons. The van der Waals surface area contributed by atoms with E-state index in [0.29, 0.717) is 12.6 Å². The van der Waals surface area contributed by atoms with Crippen molar-refractivity contribution in [2.75, 3.05) is 44.2 Å². The Morgan fingerprint density at radius 1 is 0.970 bits per heavy atom. The molecular formula is C22H27F2N5O3S. The van der Waals surface area contributed by atoms with Gasteiger partial charge in [-0.1, -0.05) is 6.07 Å². The fourth-order valence-electron chi connectivity index (χ4n) is 4.07. The van der Waals surface area contributed by atoms with Crippen LogP contribution in [0.4, 0.5) is 19.4 Å². The monoisotopic (exact) mass is 479 g/mol. The largest absolute Gasteiger partial charge is 0.357 e. The zero-order valence-electron chi connectivity index (χ0n) is 18.2. The zero-order chi connectivity index (χ0) is 23.4. The maximum absolute atomic E-state index is 14.0. The molecule has 0 spiro atoms. The van der Waals surface area contributed by atoms with Gasteiger partial charge in [0.05, 0.1) is 0 Å². The van der Waals surface area contributed by atoms with E-state index in [1.165, 1.54) is 24.2 Å². The number of hydrogen-bond donors (Lipinski definition) is 1. The Morgan fingerprint density at radius 3 is 2.36 bits per heavy atom. The third kappa shape index (κ3) is 5.41. The second-order valence-corrected chi connectivity index (χ2v) is 10.1. The summed E-state index contributed by atoms with van der Waals surface area (Å²) in [7, 11) is -4.19. The lowest BCUT2D eigenvalue weighted by molar-refractivity contribution is 0.172. The number of carbonyl (C=O) groups is 1. The van der Waals surface area contributed by atoms with E-state index in [4.69, 9.17) is 0 Å². The van der Waals surface area contributed by atoms with Crippen LogP contribution in [0.25, 0.3) is 0 Å². The van der Waals surface area contributed by atoms with Gasteiger partial charge < -0.3 is 15.1 Å². The molecule has 0 unspecified atom stereocenters. The number of amides is 2. The van der Waals surface area contributed by atoms with E-state index in [0.717, 1.165) is 40.9 Å². The molecule has 2 amide bonds. The molecule has 2 saturated heterocycles. The van der Waals surface area contributed by atoms with Gasteiger partial charge in [-0.2, -0.15) is 4.31 Å². The summed E-state index contributed by atoms with van der Waals surface area (Å²) < 4.78 is 53.8. The summed E-state index contributed by atoms with van der Waals surface area (Å²) in [5.74, 6) is -0.889. The fraction of sp³-hybridized carbons (Fsp3) is 0.455. The predicted octanol–water partition coefficient (Wildman–Crippen LogP) is 2.57. The first kappa shape index (κ1) is 23.4. The first-order valence-corrected chi connectivity index (χ1v) is 12.5. The van der Waals surface area contributed by atoms with Crippen LogP contribution in [0.2, 0.25) is 0 Å². The van der Waals surface area contributed by atoms with Gasteiger partial charge in [0.2, 0.25) is 10.0 Å². The molecule has 0 saturated carbocycles. The van der Waals surface area contributed by atoms with Gasteiger partial charge in [-0.05, 0) is 49.1 Å². The minimum absolute atomic E-state index is 0.00219. The number of piperazine rings is 1. The van der Waals surface area contributed by atoms with E-state index in [2.05, 4.69) is 15.2 Å². The van der Waals surface area contributed by atoms with Crippen LogP contribution in [0.3, 0.4) is 0 Å². The van der Waals surface area contributed by atoms with Gasteiger partial charge in [-0.3, -0.25) is 0 Å². The van der Waals surface area contributed by atoms with Gasteiger partial charge >= 0.3 is 6.03 Å². The summed E-state index contributed by atoms with van der Waals surface area (Å²) >= 11 is 0. The van der Waals surface area contributed by atoms with Crippen molar-refractivity contribution in [2.45, 2.75) is 30.7 Å². The number of sulfonamides is 1. The van der Waals surface area contributed by atoms with Crippen LogP contribution in [-0.4, -0.2) is 67.9 Å². The van der Waals surface area contributed by atoms with E-state index in [9.17, 15) is 22.0 Å². The van der Waals surface area contributed by atoms with E-state index in [-0.39, 0.29) is 32.2 Å². The molecule has 4 rings (SSSR count). The molecule has 2 aromatic rings. The zero-order valence-corrected chi connectivity index (χ0v) is 19.0. The van der Waals surface area contributed by atoms with Crippen LogP contribution in [0.15, 0.2) is 41.4 Å². The Morgan fingerprint density at radius 2 is 1.70 bits per heavy atom. The number of urea groups is 1. The molecule has 2 aliphatic heterocycles. The number of pyridine rings is 1. The molecular weight excluding hydrogens is 452 g/mol. The third-order valence-corrected chi connectivity index (χ3v) is 7.88. The van der Waals surface area contributed by atoms with Crippen molar-refractivity contribution in [2.24, 2.45) is 0 Å². The highest BCUT2D eigenvalue weighted by atomic mass is 32.2. The highest BCUT2D eigenvalue weighted by Crippen LogP contribution is 2.22. The summed E-state index contributed by atoms with van der Waals surface area (Å²) in [4.78, 5) is 20.1. The molecule has 33 heavy (non-hydrogen) atoms. The summed E-state index contributed by atoms with van der Waals surface area (Å²) in [6, 6.07) is 5.92. The molecule has 3 heterocycles. The van der Waals surface area contributed by atoms with Crippen LogP contribution < -0.4 is 10.2 Å². The summed E-state index contributed by atoms with van der Waals surface area (Å²) in [6.45, 7) is 2.62. The lowest BCUT2D eigenvalue weighted by atomic mass is 10.1. The van der Waals surface area contributed by atoms with Gasteiger partial charge in [-0.25, -0.2) is 27.0 Å². The number of rotatable bonds is 5. The number of piperidine rings is 1. The maximum Gasteiger partial charge on any atom is 0.317 e. The standard InChI is InChI=1S/C22H27F2N5O3S/c23-18-5-6-19(24)20(14-18)33(31,32)29-12-10-28(11-13-29)22(30)26-16-17-4-7-21(25-15-17)27-8-2-1-3-9-27/h4-7,14-15H,1-3,8-13,16H2,(H,26,30). The lowest BCUT2D eigenvalue weighted by Gasteiger charge is -2.34. The Labute approximate surface area is 192 Å². The van der Waals surface area contributed by atoms with Crippen molar-refractivity contribution in [1.29, 1.82) is 0 Å². The Bertz CT molecular complexity index is 1080. The smallest absolute Gasteiger partial charge is 0.317 e. The maximum atomic E-state index is 14.0. The van der Waals surface area contributed by atoms with Gasteiger partial charge in [-0.15, -0.1) is 0 Å². The average molecular weight is 480 g/mol. The van der Waals surface area contributed by atoms with Crippen molar-refractivity contribution in [3.63, 3.8) is 0 Å². The van der Waals surface area contributed by atoms with Crippen molar-refractivity contribution in [3.8, 4) is 0 Å². The summed E-state index contributed by atoms with van der Waals surface area (Å²) in [5.41, 5.74) is 0.868. The molecule has 1 aromatic carbocycles. The highest BCUT2D eigenvalue weighted by Gasteiger charge is 2.32. The Hall–Kier alpha value is -2.79. The number of aromatic nitrogens is 1. The summed E-state index contributed by atoms with van der Waals surface area (Å²) in [5, 5.41) is 2.83. The van der Waals surface area contributed by atoms with Crippen LogP contribution in [0.5, 0.6) is 0 Å². The molecule has 2 fully saturated rings. The number of anilines is 1. The number of hydrogen-bond acceptors (Lipinski definition) is 5. The van der Waals surface area contributed by atoms with Crippen molar-refractivity contribution >= 4 is 21.9 Å². The van der Waals surface area contributed by atoms with Gasteiger partial charge in [0.15, 0.2) is 0 Å². The highest BCUT2D eigenvalue weighted by molar-refractivity contribution is 7.89. The quantitative estimate of drug-likeness (QED) is 0.713. The first-order chi connectivity index (χ1) is 15.8. The second kappa shape index (κ2) is 10.0. The number of benzene rings is 1. The normalized spacial score (nSPS) is 17.8. The van der Waals surface area contributed by atoms with E-state index >= 15 is 0 Å². The molecule has 8 nitrogen and oxygen atoms in total. The molecule has 11 heteroatoms. The first-order valence-electron chi connectivity index (χ1n) is 11.0. The van der Waals surface area contributed by atoms with Crippen molar-refractivity contribution < 1.29 is 22.0 Å². The molecule has 0 aliphatic carbocycles. The number of halogens is 2. The molecule has 2 aliphatic rings. The molecule has 1 aromatic heterocycles. The molecule has 0 atom stereocenters. The molecule has 0 radical (unpaired) electrons. The second-order valence-electron chi connectivity index (χ2n) is 8.20. The van der Waals surface area contributed by atoms with E-state index in [1.807, 2.05) is 12.1 Å². The molecule has 1 N–H and O–H groups in total. The van der Waals surface area contributed by atoms with Gasteiger partial charge in [0, 0.05) is 52.0 Å². The number of nitrogens with zero attached hydrogens (tertiary/aromatic N) is 4. The Balaban J connectivity index is 1.28. The van der Waals surface area contributed by atoms with E-state index < -0.39 is 26.6 Å².